The Hall–Kier alpha value is -3.56. The minimum Gasteiger partial charge on any atom is -0.504 e. The summed E-state index contributed by atoms with van der Waals surface area (Å²) in [4.78, 5) is 35.3. The summed E-state index contributed by atoms with van der Waals surface area (Å²) in [7, 11) is 0. The molecule has 2 aromatic rings. The summed E-state index contributed by atoms with van der Waals surface area (Å²) in [5.74, 6) is -0.680. The number of carbonyl (C=O) groups is 1. The molecule has 1 aromatic heterocycles. The van der Waals surface area contributed by atoms with E-state index < -0.39 is 11.3 Å². The van der Waals surface area contributed by atoms with Crippen molar-refractivity contribution >= 4 is 5.91 Å². The molecule has 0 saturated heterocycles. The number of hydrogen-bond acceptors (Lipinski definition) is 7. The molecule has 0 spiro atoms. The van der Waals surface area contributed by atoms with Crippen LogP contribution in [0.15, 0.2) is 39.6 Å². The summed E-state index contributed by atoms with van der Waals surface area (Å²) in [5, 5.41) is 16.2. The number of phenolic OH excluding ortho intramolecular Hbond substituents is 1. The minimum absolute atomic E-state index is 0.0102. The number of benzene rings is 1. The molecule has 10 heteroatoms. The predicted octanol–water partition coefficient (Wildman–Crippen LogP) is 5.53. The number of nitrogens with zero attached hydrogens (tertiary/aromatic N) is 3. The first-order valence-corrected chi connectivity index (χ1v) is 12.4. The Morgan fingerprint density at radius 3 is 2.53 bits per heavy atom. The summed E-state index contributed by atoms with van der Waals surface area (Å²) >= 11 is 0. The first-order valence-electron chi connectivity index (χ1n) is 12.4. The SMILES string of the molecule is CC(C)(C)[C@@H]1Cc2cc(OCCCCCCCCNN=N)c(O)cc2-c2cc(=O)c(C(=O)N=O)cn21. The van der Waals surface area contributed by atoms with E-state index in [1.54, 1.807) is 6.07 Å². The molecule has 0 aliphatic carbocycles. The van der Waals surface area contributed by atoms with Crippen molar-refractivity contribution in [2.45, 2.75) is 71.8 Å². The molecule has 2 heterocycles. The zero-order valence-electron chi connectivity index (χ0n) is 21.2. The van der Waals surface area contributed by atoms with E-state index >= 15 is 0 Å². The van der Waals surface area contributed by atoms with E-state index in [4.69, 9.17) is 10.3 Å². The maximum Gasteiger partial charge on any atom is 0.322 e. The Morgan fingerprint density at radius 1 is 1.17 bits per heavy atom. The van der Waals surface area contributed by atoms with Crippen molar-refractivity contribution in [3.63, 3.8) is 0 Å². The van der Waals surface area contributed by atoms with Gasteiger partial charge in [-0.2, -0.15) is 5.53 Å². The fourth-order valence-electron chi connectivity index (χ4n) is 4.65. The molecule has 10 nitrogen and oxygen atoms in total. The van der Waals surface area contributed by atoms with Crippen LogP contribution in [-0.2, 0) is 6.42 Å². The number of aromatic hydroxyl groups is 1. The number of nitrogens with one attached hydrogen (secondary N) is 2. The van der Waals surface area contributed by atoms with Gasteiger partial charge in [0, 0.05) is 35.6 Å². The van der Waals surface area contributed by atoms with Gasteiger partial charge in [-0.15, -0.1) is 4.91 Å². The van der Waals surface area contributed by atoms with Crippen LogP contribution < -0.4 is 15.6 Å². The largest absolute Gasteiger partial charge is 0.504 e. The Bertz CT molecular complexity index is 1170. The highest BCUT2D eigenvalue weighted by Crippen LogP contribution is 2.45. The number of rotatable bonds is 12. The third-order valence-electron chi connectivity index (χ3n) is 6.62. The Kier molecular flexibility index (Phi) is 8.95. The number of carbonyl (C=O) groups excluding carboxylic acids is 1. The van der Waals surface area contributed by atoms with Crippen LogP contribution in [0.2, 0.25) is 0 Å². The van der Waals surface area contributed by atoms with E-state index in [1.807, 2.05) is 10.6 Å². The van der Waals surface area contributed by atoms with Gasteiger partial charge in [-0.3, -0.25) is 15.0 Å². The third-order valence-corrected chi connectivity index (χ3v) is 6.62. The summed E-state index contributed by atoms with van der Waals surface area (Å²) < 4.78 is 7.75. The van der Waals surface area contributed by atoms with Crippen LogP contribution in [0.4, 0.5) is 0 Å². The summed E-state index contributed by atoms with van der Waals surface area (Å²) in [6, 6.07) is 4.69. The zero-order valence-corrected chi connectivity index (χ0v) is 21.2. The van der Waals surface area contributed by atoms with Crippen LogP contribution in [0.5, 0.6) is 11.5 Å². The summed E-state index contributed by atoms with van der Waals surface area (Å²) in [6.45, 7) is 7.44. The molecule has 3 N–H and O–H groups in total. The highest BCUT2D eigenvalue weighted by atomic mass is 16.5. The molecule has 1 aliphatic heterocycles. The van der Waals surface area contributed by atoms with Crippen LogP contribution in [-0.4, -0.2) is 28.7 Å². The Balaban J connectivity index is 1.74. The van der Waals surface area contributed by atoms with Crippen molar-refractivity contribution in [2.75, 3.05) is 13.2 Å². The van der Waals surface area contributed by atoms with E-state index in [2.05, 4.69) is 36.6 Å². The zero-order chi connectivity index (χ0) is 26.3. The first-order chi connectivity index (χ1) is 17.2. The van der Waals surface area contributed by atoms with Gasteiger partial charge in [0.1, 0.15) is 5.56 Å². The number of nitroso groups, excluding NO2 is 1. The number of fused-ring (bicyclic) bond motifs is 3. The quantitative estimate of drug-likeness (QED) is 0.152. The van der Waals surface area contributed by atoms with Crippen molar-refractivity contribution < 1.29 is 14.6 Å². The molecule has 0 unspecified atom stereocenters. The molecule has 1 atom stereocenters. The number of pyridine rings is 1. The average molecular weight is 498 g/mol. The second kappa shape index (κ2) is 11.9. The van der Waals surface area contributed by atoms with Crippen molar-refractivity contribution in [3.8, 4) is 22.8 Å². The van der Waals surface area contributed by atoms with E-state index in [0.29, 0.717) is 30.0 Å². The lowest BCUT2D eigenvalue weighted by Gasteiger charge is -2.39. The van der Waals surface area contributed by atoms with E-state index in [1.165, 1.54) is 12.3 Å². The molecular weight excluding hydrogens is 462 g/mol. The number of unbranched alkanes of at least 4 members (excludes halogenated alkanes) is 5. The summed E-state index contributed by atoms with van der Waals surface area (Å²) in [6.07, 6.45) is 8.24. The molecule has 3 rings (SSSR count). The highest BCUT2D eigenvalue weighted by Gasteiger charge is 2.34. The fraction of sp³-hybridized carbons (Fsp3) is 0.538. The van der Waals surface area contributed by atoms with Crippen molar-refractivity contribution in [3.05, 3.63) is 50.7 Å². The second-order valence-corrected chi connectivity index (χ2v) is 10.3. The van der Waals surface area contributed by atoms with E-state index in [9.17, 15) is 19.6 Å². The van der Waals surface area contributed by atoms with Gasteiger partial charge in [-0.05, 0) is 42.4 Å². The van der Waals surface area contributed by atoms with E-state index in [0.717, 1.165) is 50.6 Å². The maximum absolute atomic E-state index is 12.6. The van der Waals surface area contributed by atoms with Crippen molar-refractivity contribution in [1.82, 2.24) is 9.99 Å². The fourth-order valence-corrected chi connectivity index (χ4v) is 4.65. The molecule has 1 aliphatic rings. The monoisotopic (exact) mass is 497 g/mol. The lowest BCUT2D eigenvalue weighted by molar-refractivity contribution is 0.0998. The number of aromatic nitrogens is 1. The Labute approximate surface area is 210 Å². The number of ether oxygens (including phenoxy) is 1. The van der Waals surface area contributed by atoms with Gasteiger partial charge in [-0.25, -0.2) is 0 Å². The second-order valence-electron chi connectivity index (χ2n) is 10.3. The lowest BCUT2D eigenvalue weighted by atomic mass is 9.78. The molecule has 1 aromatic carbocycles. The van der Waals surface area contributed by atoms with Gasteiger partial charge in [0.05, 0.1) is 12.3 Å². The number of hydrogen-bond donors (Lipinski definition) is 3. The number of phenols is 1. The third kappa shape index (κ3) is 6.35. The molecular formula is C26H35N5O5. The van der Waals surface area contributed by atoms with Gasteiger partial charge in [-0.1, -0.05) is 51.7 Å². The molecule has 0 saturated carbocycles. The first kappa shape index (κ1) is 27.0. The Morgan fingerprint density at radius 2 is 1.86 bits per heavy atom. The smallest absolute Gasteiger partial charge is 0.322 e. The van der Waals surface area contributed by atoms with Crippen LogP contribution in [0.3, 0.4) is 0 Å². The topological polar surface area (TPSA) is 146 Å². The molecule has 1 amide bonds. The lowest BCUT2D eigenvalue weighted by Crippen LogP contribution is -2.32. The standard InChI is InChI=1S/C26H35N5O5/c1-26(2,3)24-13-17-12-23(36-11-9-7-5-4-6-8-10-28-30-27)22(33)14-18(17)20-15-21(32)19(16-31(20)24)25(34)29-35/h12,14-16,24,33H,4-11,13H2,1-3H3,(H2,27,28)/t24-/m0/s1. The summed E-state index contributed by atoms with van der Waals surface area (Å²) in [5.41, 5.74) is 10.5. The molecule has 36 heavy (non-hydrogen) atoms. The van der Waals surface area contributed by atoms with Crippen molar-refractivity contribution in [1.29, 1.82) is 5.53 Å². The molecule has 0 radical (unpaired) electrons. The molecule has 0 fully saturated rings. The average Bonchev–Trinajstić information content (AvgIpc) is 2.83. The van der Waals surface area contributed by atoms with Crippen LogP contribution >= 0.6 is 0 Å². The van der Waals surface area contributed by atoms with Gasteiger partial charge in [0.2, 0.25) is 0 Å². The highest BCUT2D eigenvalue weighted by molar-refractivity contribution is 5.94. The normalized spacial score (nSPS) is 14.5. The maximum atomic E-state index is 12.6. The number of amides is 1. The molecule has 0 bridgehead atoms. The van der Waals surface area contributed by atoms with E-state index in [-0.39, 0.29) is 22.8 Å². The van der Waals surface area contributed by atoms with Gasteiger partial charge in [0.25, 0.3) is 0 Å². The van der Waals surface area contributed by atoms with Crippen molar-refractivity contribution in [2.24, 2.45) is 15.8 Å². The van der Waals surface area contributed by atoms with Gasteiger partial charge in [0.15, 0.2) is 16.9 Å². The molecule has 194 valence electrons. The minimum atomic E-state index is -1.09. The predicted molar refractivity (Wildman–Crippen MR) is 136 cm³/mol. The van der Waals surface area contributed by atoms with Crippen LogP contribution in [0.25, 0.3) is 11.3 Å². The van der Waals surface area contributed by atoms with Crippen LogP contribution in [0.1, 0.15) is 81.3 Å². The van der Waals surface area contributed by atoms with Gasteiger partial charge >= 0.3 is 5.91 Å². The van der Waals surface area contributed by atoms with Crippen LogP contribution in [0, 0.1) is 15.9 Å². The van der Waals surface area contributed by atoms with Gasteiger partial charge < -0.3 is 14.4 Å².